The molecule has 1 N–H and O–H groups in total. The number of nitrogens with one attached hydrogen (secondary N) is 1. The number of ether oxygens (including phenoxy) is 4. The first kappa shape index (κ1) is 40.0. The van der Waals surface area contributed by atoms with Crippen LogP contribution in [-0.4, -0.2) is 79.7 Å². The van der Waals surface area contributed by atoms with Crippen LogP contribution in [0.4, 0.5) is 28.4 Å². The molecule has 0 unspecified atom stereocenters. The summed E-state index contributed by atoms with van der Waals surface area (Å²) in [5.41, 5.74) is 6.30. The quantitative estimate of drug-likeness (QED) is 0.125. The number of hydrogen-bond donors (Lipinski definition) is 1. The molecule has 0 spiro atoms. The monoisotopic (exact) mass is 815 g/mol. The van der Waals surface area contributed by atoms with Gasteiger partial charge >= 0.3 is 0 Å². The van der Waals surface area contributed by atoms with Crippen molar-refractivity contribution in [2.24, 2.45) is 9.98 Å². The summed E-state index contributed by atoms with van der Waals surface area (Å²) in [6.45, 7) is 9.26. The lowest BCUT2D eigenvalue weighted by molar-refractivity contribution is -0.116. The summed E-state index contributed by atoms with van der Waals surface area (Å²) in [7, 11) is 3.08. The Morgan fingerprint density at radius 3 is 1.92 bits per heavy atom. The Labute approximate surface area is 349 Å². The van der Waals surface area contributed by atoms with Gasteiger partial charge in [0.25, 0.3) is 11.8 Å². The zero-order valence-corrected chi connectivity index (χ0v) is 35.1. The molecule has 0 bridgehead atoms. The van der Waals surface area contributed by atoms with Crippen LogP contribution in [0, 0.1) is 0 Å². The standard InChI is InChI=1S/C46H49N5O7S/c1-27(2)59-46(3,4)15-14-43(52)49-30-13-12-29-19-32-26-48-36-24-42(40(56-6)22-34(36)45(54)51(32)38(29)20-30)58-17-9-16-57-41-23-35-33(21-39(41)55-5)44(53)50-31(25-47-35)18-28-10-7-8-11-37(28)50/h7-8,10-13,20-27,31-32H,9,14-19H2,1-6H3,(H,49,52)/t31-,32-/m0/s1. The van der Waals surface area contributed by atoms with E-state index in [2.05, 4.69) is 33.0 Å². The fraction of sp³-hybridized carbons (Fsp3) is 0.370. The van der Waals surface area contributed by atoms with Gasteiger partial charge in [0.1, 0.15) is 0 Å². The van der Waals surface area contributed by atoms with Gasteiger partial charge in [-0.3, -0.25) is 34.2 Å². The normalized spacial score (nSPS) is 17.3. The number of carbonyl (C=O) groups excluding carboxylic acids is 3. The fourth-order valence-corrected chi connectivity index (χ4v) is 9.75. The van der Waals surface area contributed by atoms with Crippen LogP contribution in [0.25, 0.3) is 0 Å². The number of amides is 3. The molecule has 4 aromatic carbocycles. The number of thioether (sulfide) groups is 1. The Morgan fingerprint density at radius 1 is 0.780 bits per heavy atom. The third kappa shape index (κ3) is 8.12. The minimum absolute atomic E-state index is 0.00680. The van der Waals surface area contributed by atoms with E-state index in [9.17, 15) is 14.4 Å². The highest BCUT2D eigenvalue weighted by Gasteiger charge is 2.38. The number of hydrogen-bond acceptors (Lipinski definition) is 10. The van der Waals surface area contributed by atoms with Gasteiger partial charge in [0, 0.05) is 66.4 Å². The maximum Gasteiger partial charge on any atom is 0.261 e. The predicted octanol–water partition coefficient (Wildman–Crippen LogP) is 8.77. The van der Waals surface area contributed by atoms with Gasteiger partial charge in [0.05, 0.1) is 67.7 Å². The zero-order chi connectivity index (χ0) is 41.4. The predicted molar refractivity (Wildman–Crippen MR) is 234 cm³/mol. The maximum atomic E-state index is 14.2. The second-order valence-electron chi connectivity index (χ2n) is 16.0. The largest absolute Gasteiger partial charge is 0.493 e. The fourth-order valence-electron chi connectivity index (χ4n) is 8.26. The molecule has 4 aliphatic rings. The Balaban J connectivity index is 0.905. The minimum atomic E-state index is -0.278. The van der Waals surface area contributed by atoms with Crippen LogP contribution >= 0.6 is 11.8 Å². The molecule has 59 heavy (non-hydrogen) atoms. The third-order valence-corrected chi connectivity index (χ3v) is 12.3. The molecule has 4 aromatic rings. The molecule has 8 rings (SSSR count). The van der Waals surface area contributed by atoms with Gasteiger partial charge in [0.2, 0.25) is 5.91 Å². The Bertz CT molecular complexity index is 2380. The average Bonchev–Trinajstić information content (AvgIpc) is 3.69. The van der Waals surface area contributed by atoms with Crippen molar-refractivity contribution in [1.29, 1.82) is 0 Å². The van der Waals surface area contributed by atoms with Crippen LogP contribution in [0.5, 0.6) is 23.0 Å². The molecular weight excluding hydrogens is 767 g/mol. The molecule has 0 aliphatic carbocycles. The van der Waals surface area contributed by atoms with Gasteiger partial charge in [-0.2, -0.15) is 11.8 Å². The van der Waals surface area contributed by atoms with Crippen molar-refractivity contribution in [3.63, 3.8) is 0 Å². The maximum absolute atomic E-state index is 14.2. The van der Waals surface area contributed by atoms with E-state index in [-0.39, 0.29) is 41.2 Å². The molecule has 0 saturated heterocycles. The van der Waals surface area contributed by atoms with Gasteiger partial charge in [-0.05, 0) is 53.1 Å². The van der Waals surface area contributed by atoms with Gasteiger partial charge in [-0.25, -0.2) is 0 Å². The molecule has 3 amide bonds. The van der Waals surface area contributed by atoms with E-state index in [0.717, 1.165) is 28.9 Å². The average molecular weight is 816 g/mol. The van der Waals surface area contributed by atoms with E-state index in [0.29, 0.717) is 88.7 Å². The smallest absolute Gasteiger partial charge is 0.261 e. The molecule has 2 atom stereocenters. The SMILES string of the molecule is COc1cc2c(cc1OCCCOc1cc3c(cc1OC)C(=O)N1c4cc(NC(=O)CCC(C)(C)SC(C)C)ccc4C[C@H]1C=N3)N=C[C@@H]1Cc3ccccc3N1C2=O. The van der Waals surface area contributed by atoms with Crippen LogP contribution in [0.15, 0.2) is 76.7 Å². The van der Waals surface area contributed by atoms with Crippen LogP contribution in [-0.2, 0) is 17.6 Å². The Kier molecular flexibility index (Phi) is 11.1. The van der Waals surface area contributed by atoms with Crippen molar-refractivity contribution in [2.45, 2.75) is 81.9 Å². The van der Waals surface area contributed by atoms with Gasteiger partial charge in [-0.15, -0.1) is 0 Å². The van der Waals surface area contributed by atoms with Gasteiger partial charge in [-0.1, -0.05) is 52.0 Å². The number of anilines is 3. The first-order chi connectivity index (χ1) is 28.4. The van der Waals surface area contributed by atoms with E-state index in [4.69, 9.17) is 28.9 Å². The van der Waals surface area contributed by atoms with Crippen molar-refractivity contribution >= 4 is 70.3 Å². The Morgan fingerprint density at radius 2 is 1.34 bits per heavy atom. The molecular formula is C46H49N5O7S. The second kappa shape index (κ2) is 16.4. The molecule has 4 aliphatic heterocycles. The van der Waals surface area contributed by atoms with E-state index < -0.39 is 0 Å². The van der Waals surface area contributed by atoms with E-state index in [1.807, 2.05) is 60.4 Å². The highest BCUT2D eigenvalue weighted by atomic mass is 32.2. The van der Waals surface area contributed by atoms with Crippen molar-refractivity contribution in [3.05, 3.63) is 89.0 Å². The van der Waals surface area contributed by atoms with Crippen LogP contribution in [0.3, 0.4) is 0 Å². The van der Waals surface area contributed by atoms with Crippen molar-refractivity contribution in [2.75, 3.05) is 42.5 Å². The van der Waals surface area contributed by atoms with Crippen molar-refractivity contribution in [1.82, 2.24) is 0 Å². The van der Waals surface area contributed by atoms with Gasteiger partial charge in [0.15, 0.2) is 23.0 Å². The zero-order valence-electron chi connectivity index (χ0n) is 34.2. The van der Waals surface area contributed by atoms with Crippen molar-refractivity contribution in [3.8, 4) is 23.0 Å². The number of nitrogens with zero attached hydrogens (tertiary/aromatic N) is 4. The molecule has 0 saturated carbocycles. The van der Waals surface area contributed by atoms with E-state index in [1.165, 1.54) is 7.11 Å². The van der Waals surface area contributed by atoms with Crippen LogP contribution < -0.4 is 34.1 Å². The van der Waals surface area contributed by atoms with E-state index >= 15 is 0 Å². The van der Waals surface area contributed by atoms with Crippen LogP contribution in [0.2, 0.25) is 0 Å². The number of methoxy groups -OCH3 is 2. The number of aliphatic imine (C=N–C) groups is 2. The minimum Gasteiger partial charge on any atom is -0.493 e. The number of rotatable bonds is 14. The summed E-state index contributed by atoms with van der Waals surface area (Å²) in [6, 6.07) is 20.1. The first-order valence-corrected chi connectivity index (χ1v) is 20.9. The van der Waals surface area contributed by atoms with Crippen molar-refractivity contribution < 1.29 is 33.3 Å². The molecule has 12 nitrogen and oxygen atoms in total. The summed E-state index contributed by atoms with van der Waals surface area (Å²) in [4.78, 5) is 53.9. The Hall–Kier alpha value is -5.82. The summed E-state index contributed by atoms with van der Waals surface area (Å²) < 4.78 is 23.7. The molecule has 0 fully saturated rings. The number of benzene rings is 4. The number of para-hydroxylation sites is 1. The first-order valence-electron chi connectivity index (χ1n) is 20.1. The summed E-state index contributed by atoms with van der Waals surface area (Å²) in [6.07, 6.45) is 6.63. The van der Waals surface area contributed by atoms with Crippen LogP contribution in [0.1, 0.15) is 78.8 Å². The number of carbonyl (C=O) groups is 3. The summed E-state index contributed by atoms with van der Waals surface area (Å²) >= 11 is 1.87. The summed E-state index contributed by atoms with van der Waals surface area (Å²) in [5, 5.41) is 3.53. The lowest BCUT2D eigenvalue weighted by Crippen LogP contribution is -2.37. The lowest BCUT2D eigenvalue weighted by atomic mass is 10.1. The molecule has 13 heteroatoms. The summed E-state index contributed by atoms with van der Waals surface area (Å²) in [5.74, 6) is 1.39. The highest BCUT2D eigenvalue weighted by Crippen LogP contribution is 2.43. The molecule has 0 aromatic heterocycles. The van der Waals surface area contributed by atoms with Gasteiger partial charge < -0.3 is 24.3 Å². The number of fused-ring (bicyclic) bond motifs is 8. The highest BCUT2D eigenvalue weighted by molar-refractivity contribution is 8.01. The van der Waals surface area contributed by atoms with E-state index in [1.54, 1.807) is 47.4 Å². The lowest BCUT2D eigenvalue weighted by Gasteiger charge is -2.26. The topological polar surface area (TPSA) is 131 Å². The molecule has 4 heterocycles. The third-order valence-electron chi connectivity index (χ3n) is 10.9. The molecule has 306 valence electrons. The second-order valence-corrected chi connectivity index (χ2v) is 18.3. The molecule has 0 radical (unpaired) electrons.